The highest BCUT2D eigenvalue weighted by atomic mass is 79.9. The van der Waals surface area contributed by atoms with Gasteiger partial charge >= 0.3 is 0 Å². The van der Waals surface area contributed by atoms with Crippen LogP contribution in [0.25, 0.3) is 0 Å². The van der Waals surface area contributed by atoms with Crippen molar-refractivity contribution in [1.82, 2.24) is 5.32 Å². The van der Waals surface area contributed by atoms with Crippen molar-refractivity contribution in [3.8, 4) is 5.75 Å². The summed E-state index contributed by atoms with van der Waals surface area (Å²) in [5, 5.41) is 3.35. The third kappa shape index (κ3) is 3.62. The summed E-state index contributed by atoms with van der Waals surface area (Å²) in [6.45, 7) is 1.64. The molecule has 3 nitrogen and oxygen atoms in total. The molecule has 18 heavy (non-hydrogen) atoms. The van der Waals surface area contributed by atoms with Crippen molar-refractivity contribution in [1.29, 1.82) is 0 Å². The molecular weight excluding hydrogens is 294 g/mol. The smallest absolute Gasteiger partial charge is 0.131 e. The molecule has 0 aliphatic carbocycles. The number of nitrogens with one attached hydrogen (secondary N) is 1. The Balaban J connectivity index is 1.76. The van der Waals surface area contributed by atoms with E-state index in [1.165, 1.54) is 5.56 Å². The Morgan fingerprint density at radius 1 is 1.33 bits per heavy atom. The second-order valence-electron chi connectivity index (χ2n) is 3.97. The Kier molecular flexibility index (Phi) is 4.84. The number of furan rings is 1. The first-order valence-corrected chi connectivity index (χ1v) is 6.64. The van der Waals surface area contributed by atoms with E-state index in [4.69, 9.17) is 9.15 Å². The molecular formula is C14H16BrNO2. The van der Waals surface area contributed by atoms with Crippen molar-refractivity contribution >= 4 is 15.9 Å². The summed E-state index contributed by atoms with van der Waals surface area (Å²) < 4.78 is 11.5. The first kappa shape index (κ1) is 13.2. The van der Waals surface area contributed by atoms with E-state index in [1.54, 1.807) is 13.4 Å². The second kappa shape index (κ2) is 6.61. The molecule has 96 valence electrons. The Morgan fingerprint density at radius 2 is 2.22 bits per heavy atom. The van der Waals surface area contributed by atoms with Gasteiger partial charge in [-0.2, -0.15) is 0 Å². The van der Waals surface area contributed by atoms with Crippen LogP contribution in [-0.2, 0) is 13.0 Å². The normalized spacial score (nSPS) is 10.6. The molecule has 0 aliphatic heterocycles. The van der Waals surface area contributed by atoms with E-state index in [0.29, 0.717) is 0 Å². The van der Waals surface area contributed by atoms with Gasteiger partial charge < -0.3 is 14.5 Å². The summed E-state index contributed by atoms with van der Waals surface area (Å²) in [6.07, 6.45) is 2.65. The molecule has 0 saturated carbocycles. The van der Waals surface area contributed by atoms with E-state index in [0.717, 1.165) is 35.5 Å². The summed E-state index contributed by atoms with van der Waals surface area (Å²) in [5.74, 6) is 1.84. The van der Waals surface area contributed by atoms with Gasteiger partial charge in [0.1, 0.15) is 11.5 Å². The molecule has 1 aromatic carbocycles. The van der Waals surface area contributed by atoms with Crippen LogP contribution in [0.5, 0.6) is 5.75 Å². The highest BCUT2D eigenvalue weighted by Crippen LogP contribution is 2.17. The van der Waals surface area contributed by atoms with Gasteiger partial charge in [-0.15, -0.1) is 0 Å². The highest BCUT2D eigenvalue weighted by Gasteiger charge is 2.02. The Bertz CT molecular complexity index is 496. The van der Waals surface area contributed by atoms with Gasteiger partial charge in [0, 0.05) is 0 Å². The summed E-state index contributed by atoms with van der Waals surface area (Å²) >= 11 is 3.43. The maximum Gasteiger partial charge on any atom is 0.131 e. The van der Waals surface area contributed by atoms with Gasteiger partial charge in [0.15, 0.2) is 0 Å². The molecule has 0 radical (unpaired) electrons. The van der Waals surface area contributed by atoms with Crippen LogP contribution in [0.3, 0.4) is 0 Å². The van der Waals surface area contributed by atoms with Gasteiger partial charge in [-0.25, -0.2) is 0 Å². The van der Waals surface area contributed by atoms with Crippen LogP contribution in [0.15, 0.2) is 45.5 Å². The monoisotopic (exact) mass is 309 g/mol. The second-order valence-corrected chi connectivity index (χ2v) is 4.82. The van der Waals surface area contributed by atoms with Crippen molar-refractivity contribution in [3.05, 3.63) is 52.4 Å². The predicted octanol–water partition coefficient (Wildman–Crippen LogP) is 3.38. The average Bonchev–Trinajstić information content (AvgIpc) is 2.81. The molecule has 0 fully saturated rings. The van der Waals surface area contributed by atoms with E-state index in [2.05, 4.69) is 33.4 Å². The van der Waals surface area contributed by atoms with Crippen molar-refractivity contribution in [2.45, 2.75) is 13.0 Å². The lowest BCUT2D eigenvalue weighted by atomic mass is 10.1. The standard InChI is InChI=1S/C14H16BrNO2/c1-17-12-4-2-3-11(9-12)5-7-16-10-14-13(15)6-8-18-14/h2-4,6,8-9,16H,5,7,10H2,1H3. The fourth-order valence-electron chi connectivity index (χ4n) is 1.71. The minimum atomic E-state index is 0.734. The predicted molar refractivity (Wildman–Crippen MR) is 74.8 cm³/mol. The van der Waals surface area contributed by atoms with Crippen LogP contribution >= 0.6 is 15.9 Å². The molecule has 2 aromatic rings. The van der Waals surface area contributed by atoms with Gasteiger partial charge in [0.05, 0.1) is 24.4 Å². The van der Waals surface area contributed by atoms with Gasteiger partial charge in [-0.3, -0.25) is 0 Å². The van der Waals surface area contributed by atoms with E-state index >= 15 is 0 Å². The van der Waals surface area contributed by atoms with E-state index in [1.807, 2.05) is 18.2 Å². The third-order valence-corrected chi connectivity index (χ3v) is 3.41. The van der Waals surface area contributed by atoms with E-state index in [-0.39, 0.29) is 0 Å². The first-order chi connectivity index (χ1) is 8.79. The minimum Gasteiger partial charge on any atom is -0.497 e. The number of hydrogen-bond acceptors (Lipinski definition) is 3. The maximum atomic E-state index is 5.32. The Labute approximate surface area is 115 Å². The highest BCUT2D eigenvalue weighted by molar-refractivity contribution is 9.10. The molecule has 4 heteroatoms. The fraction of sp³-hybridized carbons (Fsp3) is 0.286. The van der Waals surface area contributed by atoms with Gasteiger partial charge in [0.25, 0.3) is 0 Å². The lowest BCUT2D eigenvalue weighted by Gasteiger charge is -2.05. The SMILES string of the molecule is COc1cccc(CCNCc2occc2Br)c1. The quantitative estimate of drug-likeness (QED) is 0.831. The molecule has 0 atom stereocenters. The molecule has 0 saturated heterocycles. The van der Waals surface area contributed by atoms with E-state index < -0.39 is 0 Å². The molecule has 0 amide bonds. The molecule has 1 N–H and O–H groups in total. The number of benzene rings is 1. The van der Waals surface area contributed by atoms with Crippen LogP contribution in [0.4, 0.5) is 0 Å². The summed E-state index contributed by atoms with van der Waals surface area (Å²) in [6, 6.07) is 10.0. The topological polar surface area (TPSA) is 34.4 Å². The van der Waals surface area contributed by atoms with Crippen LogP contribution in [-0.4, -0.2) is 13.7 Å². The van der Waals surface area contributed by atoms with Gasteiger partial charge in [-0.1, -0.05) is 12.1 Å². The van der Waals surface area contributed by atoms with Crippen molar-refractivity contribution in [2.24, 2.45) is 0 Å². The first-order valence-electron chi connectivity index (χ1n) is 5.85. The molecule has 0 aliphatic rings. The van der Waals surface area contributed by atoms with Crippen LogP contribution in [0.2, 0.25) is 0 Å². The minimum absolute atomic E-state index is 0.734. The van der Waals surface area contributed by atoms with Gasteiger partial charge in [0.2, 0.25) is 0 Å². The van der Waals surface area contributed by atoms with Crippen molar-refractivity contribution in [2.75, 3.05) is 13.7 Å². The molecule has 0 unspecified atom stereocenters. The maximum absolute atomic E-state index is 5.32. The number of hydrogen-bond donors (Lipinski definition) is 1. The van der Waals surface area contributed by atoms with Crippen LogP contribution in [0.1, 0.15) is 11.3 Å². The zero-order chi connectivity index (χ0) is 12.8. The Morgan fingerprint density at radius 3 is 2.94 bits per heavy atom. The number of halogens is 1. The molecule has 0 bridgehead atoms. The summed E-state index contributed by atoms with van der Waals surface area (Å²) in [4.78, 5) is 0. The zero-order valence-corrected chi connectivity index (χ0v) is 11.9. The van der Waals surface area contributed by atoms with E-state index in [9.17, 15) is 0 Å². The number of ether oxygens (including phenoxy) is 1. The van der Waals surface area contributed by atoms with Crippen molar-refractivity contribution < 1.29 is 9.15 Å². The van der Waals surface area contributed by atoms with Crippen LogP contribution < -0.4 is 10.1 Å². The largest absolute Gasteiger partial charge is 0.497 e. The average molecular weight is 310 g/mol. The fourth-order valence-corrected chi connectivity index (χ4v) is 2.06. The number of rotatable bonds is 6. The summed E-state index contributed by atoms with van der Waals surface area (Å²) in [7, 11) is 1.69. The van der Waals surface area contributed by atoms with Crippen LogP contribution in [0, 0.1) is 0 Å². The molecule has 1 aromatic heterocycles. The molecule has 2 rings (SSSR count). The molecule has 1 heterocycles. The lowest BCUT2D eigenvalue weighted by molar-refractivity contribution is 0.414. The molecule has 0 spiro atoms. The van der Waals surface area contributed by atoms with Crippen molar-refractivity contribution in [3.63, 3.8) is 0 Å². The summed E-state index contributed by atoms with van der Waals surface area (Å²) in [5.41, 5.74) is 1.26. The Hall–Kier alpha value is -1.26. The number of methoxy groups -OCH3 is 1. The zero-order valence-electron chi connectivity index (χ0n) is 10.3. The third-order valence-electron chi connectivity index (χ3n) is 2.70. The lowest BCUT2D eigenvalue weighted by Crippen LogP contribution is -2.16. The van der Waals surface area contributed by atoms with Gasteiger partial charge in [-0.05, 0) is 52.7 Å².